The molecule has 23 heavy (non-hydrogen) atoms. The van der Waals surface area contributed by atoms with Gasteiger partial charge in [-0.15, -0.1) is 0 Å². The quantitative estimate of drug-likeness (QED) is 0.648. The third kappa shape index (κ3) is 3.42. The number of aromatic nitrogens is 2. The van der Waals surface area contributed by atoms with E-state index in [2.05, 4.69) is 11.9 Å². The van der Waals surface area contributed by atoms with Gasteiger partial charge in [0, 0.05) is 0 Å². The SMILES string of the molecule is CCCCCOc1ccc(-n2cnc3ccccc3c2=O)cc1. The summed E-state index contributed by atoms with van der Waals surface area (Å²) in [6.07, 6.45) is 4.99. The van der Waals surface area contributed by atoms with Crippen LogP contribution in [0.3, 0.4) is 0 Å². The van der Waals surface area contributed by atoms with Crippen LogP contribution in [0.25, 0.3) is 16.6 Å². The van der Waals surface area contributed by atoms with Crippen LogP contribution >= 0.6 is 0 Å². The molecule has 4 heteroatoms. The van der Waals surface area contributed by atoms with Crippen LogP contribution in [0.15, 0.2) is 59.7 Å². The van der Waals surface area contributed by atoms with E-state index in [1.165, 1.54) is 12.8 Å². The maximum Gasteiger partial charge on any atom is 0.265 e. The van der Waals surface area contributed by atoms with Crippen molar-refractivity contribution in [3.8, 4) is 11.4 Å². The van der Waals surface area contributed by atoms with E-state index in [1.54, 1.807) is 17.0 Å². The average molecular weight is 308 g/mol. The molecule has 4 nitrogen and oxygen atoms in total. The van der Waals surface area contributed by atoms with Crippen LogP contribution in [-0.2, 0) is 0 Å². The Morgan fingerprint density at radius 3 is 2.61 bits per heavy atom. The van der Waals surface area contributed by atoms with Gasteiger partial charge in [0.05, 0.1) is 23.2 Å². The van der Waals surface area contributed by atoms with Gasteiger partial charge in [-0.1, -0.05) is 31.9 Å². The van der Waals surface area contributed by atoms with Crippen LogP contribution in [-0.4, -0.2) is 16.2 Å². The van der Waals surface area contributed by atoms with Crippen molar-refractivity contribution < 1.29 is 4.74 Å². The Morgan fingerprint density at radius 2 is 1.83 bits per heavy atom. The predicted molar refractivity (Wildman–Crippen MR) is 92.4 cm³/mol. The number of hydrogen-bond acceptors (Lipinski definition) is 3. The largest absolute Gasteiger partial charge is 0.494 e. The maximum absolute atomic E-state index is 12.5. The third-order valence-electron chi connectivity index (χ3n) is 3.80. The van der Waals surface area contributed by atoms with Gasteiger partial charge in [0.15, 0.2) is 0 Å². The van der Waals surface area contributed by atoms with E-state index in [1.807, 2.05) is 42.5 Å². The zero-order valence-electron chi connectivity index (χ0n) is 13.2. The molecule has 0 atom stereocenters. The summed E-state index contributed by atoms with van der Waals surface area (Å²) >= 11 is 0. The van der Waals surface area contributed by atoms with Crippen LogP contribution in [0.1, 0.15) is 26.2 Å². The summed E-state index contributed by atoms with van der Waals surface area (Å²) in [6.45, 7) is 2.90. The number of unbranched alkanes of at least 4 members (excludes halogenated alkanes) is 2. The van der Waals surface area contributed by atoms with E-state index in [9.17, 15) is 4.79 Å². The smallest absolute Gasteiger partial charge is 0.265 e. The Kier molecular flexibility index (Phi) is 4.71. The molecule has 0 amide bonds. The lowest BCUT2D eigenvalue weighted by atomic mass is 10.2. The van der Waals surface area contributed by atoms with Crippen LogP contribution in [0, 0.1) is 0 Å². The van der Waals surface area contributed by atoms with Crippen LogP contribution in [0.5, 0.6) is 5.75 Å². The molecule has 1 heterocycles. The Bertz CT molecular complexity index is 838. The lowest BCUT2D eigenvalue weighted by Crippen LogP contribution is -2.18. The van der Waals surface area contributed by atoms with Gasteiger partial charge in [0.2, 0.25) is 0 Å². The number of fused-ring (bicyclic) bond motifs is 1. The van der Waals surface area contributed by atoms with Gasteiger partial charge in [-0.2, -0.15) is 0 Å². The Balaban J connectivity index is 1.82. The zero-order valence-corrected chi connectivity index (χ0v) is 13.2. The standard InChI is InChI=1S/C19H20N2O2/c1-2-3-6-13-23-16-11-9-15(10-12-16)21-14-20-18-8-5-4-7-17(18)19(21)22/h4-5,7-12,14H,2-3,6,13H2,1H3. The van der Waals surface area contributed by atoms with E-state index < -0.39 is 0 Å². The summed E-state index contributed by atoms with van der Waals surface area (Å²) in [5, 5.41) is 0.620. The summed E-state index contributed by atoms with van der Waals surface area (Å²) in [7, 11) is 0. The highest BCUT2D eigenvalue weighted by Crippen LogP contribution is 2.15. The molecule has 0 aliphatic rings. The molecule has 3 rings (SSSR count). The highest BCUT2D eigenvalue weighted by atomic mass is 16.5. The molecule has 0 aliphatic carbocycles. The highest BCUT2D eigenvalue weighted by Gasteiger charge is 2.05. The molecule has 0 spiro atoms. The molecule has 0 N–H and O–H groups in total. The molecular formula is C19H20N2O2. The number of hydrogen-bond donors (Lipinski definition) is 0. The normalized spacial score (nSPS) is 10.8. The minimum atomic E-state index is -0.0628. The minimum Gasteiger partial charge on any atom is -0.494 e. The van der Waals surface area contributed by atoms with E-state index >= 15 is 0 Å². The first-order valence-corrected chi connectivity index (χ1v) is 7.99. The van der Waals surface area contributed by atoms with Crippen molar-refractivity contribution in [2.24, 2.45) is 0 Å². The Hall–Kier alpha value is -2.62. The molecule has 3 aromatic rings. The average Bonchev–Trinajstić information content (AvgIpc) is 2.60. The van der Waals surface area contributed by atoms with Crippen LogP contribution in [0.2, 0.25) is 0 Å². The highest BCUT2D eigenvalue weighted by molar-refractivity contribution is 5.77. The third-order valence-corrected chi connectivity index (χ3v) is 3.80. The molecule has 1 aromatic heterocycles. The van der Waals surface area contributed by atoms with Gasteiger partial charge in [0.25, 0.3) is 5.56 Å². The van der Waals surface area contributed by atoms with E-state index in [-0.39, 0.29) is 5.56 Å². The molecular weight excluding hydrogens is 288 g/mol. The molecule has 2 aromatic carbocycles. The molecule has 118 valence electrons. The number of rotatable bonds is 6. The fraction of sp³-hybridized carbons (Fsp3) is 0.263. The second-order valence-corrected chi connectivity index (χ2v) is 5.49. The molecule has 0 unspecified atom stereocenters. The molecule has 0 saturated heterocycles. The monoisotopic (exact) mass is 308 g/mol. The Labute approximate surface area is 135 Å². The predicted octanol–water partition coefficient (Wildman–Crippen LogP) is 3.95. The van der Waals surface area contributed by atoms with Crippen molar-refractivity contribution >= 4 is 10.9 Å². The van der Waals surface area contributed by atoms with Gasteiger partial charge in [-0.05, 0) is 42.8 Å². The fourth-order valence-corrected chi connectivity index (χ4v) is 2.50. The lowest BCUT2D eigenvalue weighted by molar-refractivity contribution is 0.306. The van der Waals surface area contributed by atoms with E-state index in [0.717, 1.165) is 24.5 Å². The van der Waals surface area contributed by atoms with Gasteiger partial charge in [0.1, 0.15) is 12.1 Å². The van der Waals surface area contributed by atoms with Crippen LogP contribution in [0.4, 0.5) is 0 Å². The van der Waals surface area contributed by atoms with Crippen molar-refractivity contribution in [3.63, 3.8) is 0 Å². The number of nitrogens with zero attached hydrogens (tertiary/aromatic N) is 2. The van der Waals surface area contributed by atoms with E-state index in [0.29, 0.717) is 10.9 Å². The lowest BCUT2D eigenvalue weighted by Gasteiger charge is -2.09. The first kappa shape index (κ1) is 15.3. The first-order chi connectivity index (χ1) is 11.3. The second kappa shape index (κ2) is 7.09. The summed E-state index contributed by atoms with van der Waals surface area (Å²) < 4.78 is 7.26. The summed E-state index contributed by atoms with van der Waals surface area (Å²) in [4.78, 5) is 16.9. The zero-order chi connectivity index (χ0) is 16.1. The van der Waals surface area contributed by atoms with Gasteiger partial charge >= 0.3 is 0 Å². The number of benzene rings is 2. The second-order valence-electron chi connectivity index (χ2n) is 5.49. The van der Waals surface area contributed by atoms with Crippen molar-refractivity contribution in [1.82, 2.24) is 9.55 Å². The molecule has 0 bridgehead atoms. The van der Waals surface area contributed by atoms with Crippen molar-refractivity contribution in [2.45, 2.75) is 26.2 Å². The minimum absolute atomic E-state index is 0.0628. The maximum atomic E-state index is 12.5. The number of para-hydroxylation sites is 1. The van der Waals surface area contributed by atoms with Gasteiger partial charge in [-0.25, -0.2) is 4.98 Å². The van der Waals surface area contributed by atoms with Crippen molar-refractivity contribution in [3.05, 3.63) is 65.2 Å². The van der Waals surface area contributed by atoms with Gasteiger partial charge in [-0.3, -0.25) is 9.36 Å². The van der Waals surface area contributed by atoms with Crippen molar-refractivity contribution in [2.75, 3.05) is 6.61 Å². The molecule has 0 fully saturated rings. The summed E-state index contributed by atoms with van der Waals surface area (Å²) in [6, 6.07) is 14.9. The molecule has 0 radical (unpaired) electrons. The molecule has 0 aliphatic heterocycles. The van der Waals surface area contributed by atoms with Gasteiger partial charge < -0.3 is 4.74 Å². The van der Waals surface area contributed by atoms with E-state index in [4.69, 9.17) is 4.74 Å². The molecule has 0 saturated carbocycles. The van der Waals surface area contributed by atoms with Crippen molar-refractivity contribution in [1.29, 1.82) is 0 Å². The Morgan fingerprint density at radius 1 is 1.04 bits per heavy atom. The summed E-state index contributed by atoms with van der Waals surface area (Å²) in [5.41, 5.74) is 1.44. The van der Waals surface area contributed by atoms with Crippen LogP contribution < -0.4 is 10.3 Å². The summed E-state index contributed by atoms with van der Waals surface area (Å²) in [5.74, 6) is 0.826. The number of ether oxygens (including phenoxy) is 1. The topological polar surface area (TPSA) is 44.1 Å². The first-order valence-electron chi connectivity index (χ1n) is 7.99. The fourth-order valence-electron chi connectivity index (χ4n) is 2.50.